The monoisotopic (exact) mass is 316 g/mol. The minimum absolute atomic E-state index is 0.232. The molecule has 23 heavy (non-hydrogen) atoms. The SMILES string of the molecule is CC1(C)OB(c2ccc(NC(=O)CC#N)c(CO)c2)OC1(C)C. The lowest BCUT2D eigenvalue weighted by Crippen LogP contribution is -2.41. The van der Waals surface area contributed by atoms with Crippen LogP contribution in [0.15, 0.2) is 18.2 Å². The van der Waals surface area contributed by atoms with Gasteiger partial charge >= 0.3 is 7.12 Å². The summed E-state index contributed by atoms with van der Waals surface area (Å²) in [5.74, 6) is -0.411. The third-order valence-electron chi connectivity index (χ3n) is 4.34. The molecule has 1 aromatic carbocycles. The number of carbonyl (C=O) groups excluding carboxylic acids is 1. The van der Waals surface area contributed by atoms with Crippen LogP contribution in [-0.4, -0.2) is 29.3 Å². The van der Waals surface area contributed by atoms with E-state index in [2.05, 4.69) is 5.32 Å². The number of aliphatic hydroxyl groups is 1. The molecule has 1 aromatic rings. The highest BCUT2D eigenvalue weighted by Gasteiger charge is 2.51. The van der Waals surface area contributed by atoms with E-state index in [1.807, 2.05) is 27.7 Å². The summed E-state index contributed by atoms with van der Waals surface area (Å²) < 4.78 is 11.9. The van der Waals surface area contributed by atoms with Crippen molar-refractivity contribution in [3.8, 4) is 6.07 Å². The first-order valence-corrected chi connectivity index (χ1v) is 7.46. The van der Waals surface area contributed by atoms with Gasteiger partial charge in [-0.2, -0.15) is 5.26 Å². The lowest BCUT2D eigenvalue weighted by Gasteiger charge is -2.32. The van der Waals surface area contributed by atoms with Crippen molar-refractivity contribution in [3.05, 3.63) is 23.8 Å². The van der Waals surface area contributed by atoms with Crippen molar-refractivity contribution < 1.29 is 19.2 Å². The maximum Gasteiger partial charge on any atom is 0.494 e. The summed E-state index contributed by atoms with van der Waals surface area (Å²) in [7, 11) is -0.533. The van der Waals surface area contributed by atoms with E-state index in [0.717, 1.165) is 5.46 Å². The fraction of sp³-hybridized carbons (Fsp3) is 0.500. The molecule has 1 saturated heterocycles. The maximum absolute atomic E-state index is 11.5. The van der Waals surface area contributed by atoms with Gasteiger partial charge in [0.05, 0.1) is 23.9 Å². The number of aliphatic hydroxyl groups excluding tert-OH is 1. The average molecular weight is 316 g/mol. The molecule has 1 amide bonds. The van der Waals surface area contributed by atoms with Gasteiger partial charge in [-0.25, -0.2) is 0 Å². The summed E-state index contributed by atoms with van der Waals surface area (Å²) >= 11 is 0. The van der Waals surface area contributed by atoms with Crippen LogP contribution in [0.1, 0.15) is 39.7 Å². The number of benzene rings is 1. The molecule has 2 N–H and O–H groups in total. The van der Waals surface area contributed by atoms with Gasteiger partial charge in [0, 0.05) is 11.3 Å². The predicted molar refractivity (Wildman–Crippen MR) is 86.9 cm³/mol. The second kappa shape index (κ2) is 6.32. The van der Waals surface area contributed by atoms with Gasteiger partial charge in [0.15, 0.2) is 0 Å². The molecule has 0 aromatic heterocycles. The molecule has 0 radical (unpaired) electrons. The number of nitrogens with one attached hydrogen (secondary N) is 1. The first kappa shape index (κ1) is 17.5. The molecule has 2 rings (SSSR count). The lowest BCUT2D eigenvalue weighted by atomic mass is 9.78. The van der Waals surface area contributed by atoms with Crippen molar-refractivity contribution in [1.29, 1.82) is 5.26 Å². The first-order valence-electron chi connectivity index (χ1n) is 7.46. The fourth-order valence-electron chi connectivity index (χ4n) is 2.26. The van der Waals surface area contributed by atoms with Crippen molar-refractivity contribution >= 4 is 24.2 Å². The van der Waals surface area contributed by atoms with E-state index < -0.39 is 24.2 Å². The lowest BCUT2D eigenvalue weighted by molar-refractivity contribution is -0.115. The number of hydrogen-bond acceptors (Lipinski definition) is 5. The number of nitriles is 1. The second-order valence-corrected chi connectivity index (χ2v) is 6.55. The molecule has 1 heterocycles. The largest absolute Gasteiger partial charge is 0.494 e. The number of nitrogens with zero attached hydrogens (tertiary/aromatic N) is 1. The van der Waals surface area contributed by atoms with Crippen molar-refractivity contribution in [2.24, 2.45) is 0 Å². The molecule has 0 unspecified atom stereocenters. The minimum atomic E-state index is -0.533. The molecule has 7 heteroatoms. The normalized spacial score (nSPS) is 18.5. The fourth-order valence-corrected chi connectivity index (χ4v) is 2.26. The van der Waals surface area contributed by atoms with E-state index in [1.165, 1.54) is 0 Å². The Kier molecular flexibility index (Phi) is 4.80. The Morgan fingerprint density at radius 1 is 1.30 bits per heavy atom. The van der Waals surface area contributed by atoms with Crippen LogP contribution < -0.4 is 10.8 Å². The Morgan fingerprint density at radius 3 is 2.43 bits per heavy atom. The van der Waals surface area contributed by atoms with Crippen LogP contribution in [0.25, 0.3) is 0 Å². The van der Waals surface area contributed by atoms with E-state index >= 15 is 0 Å². The van der Waals surface area contributed by atoms with Gasteiger partial charge in [0.2, 0.25) is 5.91 Å². The van der Waals surface area contributed by atoms with Crippen LogP contribution in [0, 0.1) is 11.3 Å². The predicted octanol–water partition coefficient (Wildman–Crippen LogP) is 1.33. The summed E-state index contributed by atoms with van der Waals surface area (Å²) in [6, 6.07) is 6.99. The quantitative estimate of drug-likeness (QED) is 0.818. The minimum Gasteiger partial charge on any atom is -0.399 e. The topological polar surface area (TPSA) is 91.6 Å². The van der Waals surface area contributed by atoms with Crippen LogP contribution in [-0.2, 0) is 20.7 Å². The van der Waals surface area contributed by atoms with Gasteiger partial charge in [-0.3, -0.25) is 4.79 Å². The van der Waals surface area contributed by atoms with Crippen LogP contribution in [0.5, 0.6) is 0 Å². The van der Waals surface area contributed by atoms with Crippen LogP contribution in [0.3, 0.4) is 0 Å². The van der Waals surface area contributed by atoms with Crippen molar-refractivity contribution in [3.63, 3.8) is 0 Å². The molecule has 1 aliphatic rings. The molecule has 122 valence electrons. The maximum atomic E-state index is 11.5. The van der Waals surface area contributed by atoms with E-state index in [1.54, 1.807) is 24.3 Å². The molecule has 0 spiro atoms. The zero-order chi connectivity index (χ0) is 17.3. The van der Waals surface area contributed by atoms with Gasteiger partial charge in [-0.05, 0) is 39.2 Å². The highest BCUT2D eigenvalue weighted by molar-refractivity contribution is 6.62. The number of rotatable bonds is 4. The highest BCUT2D eigenvalue weighted by Crippen LogP contribution is 2.36. The van der Waals surface area contributed by atoms with E-state index in [9.17, 15) is 9.90 Å². The highest BCUT2D eigenvalue weighted by atomic mass is 16.7. The van der Waals surface area contributed by atoms with Crippen LogP contribution >= 0.6 is 0 Å². The summed E-state index contributed by atoms with van der Waals surface area (Å²) in [6.45, 7) is 7.63. The standard InChI is InChI=1S/C16H21BN2O4/c1-15(2)16(3,4)23-17(22-15)12-5-6-13(11(9-12)10-20)19-14(21)7-8-18/h5-6,9,20H,7,10H2,1-4H3,(H,19,21). The Morgan fingerprint density at radius 2 is 1.91 bits per heavy atom. The first-order chi connectivity index (χ1) is 10.7. The summed E-state index contributed by atoms with van der Waals surface area (Å²) in [6.07, 6.45) is -0.232. The molecule has 1 fully saturated rings. The number of hydrogen-bond donors (Lipinski definition) is 2. The average Bonchev–Trinajstić information content (AvgIpc) is 2.68. The molecular weight excluding hydrogens is 295 g/mol. The van der Waals surface area contributed by atoms with Gasteiger partial charge in [0.25, 0.3) is 0 Å². The van der Waals surface area contributed by atoms with Crippen molar-refractivity contribution in [2.75, 3.05) is 5.32 Å². The smallest absolute Gasteiger partial charge is 0.399 e. The Hall–Kier alpha value is -1.88. The van der Waals surface area contributed by atoms with Crippen molar-refractivity contribution in [1.82, 2.24) is 0 Å². The molecule has 0 atom stereocenters. The Bertz CT molecular complexity index is 636. The van der Waals surface area contributed by atoms with Gasteiger partial charge in [0.1, 0.15) is 6.42 Å². The third-order valence-corrected chi connectivity index (χ3v) is 4.34. The summed E-state index contributed by atoms with van der Waals surface area (Å²) in [4.78, 5) is 11.5. The molecule has 0 saturated carbocycles. The molecule has 0 aliphatic carbocycles. The van der Waals surface area contributed by atoms with Crippen LogP contribution in [0.2, 0.25) is 0 Å². The Labute approximate surface area is 136 Å². The number of carbonyl (C=O) groups is 1. The second-order valence-electron chi connectivity index (χ2n) is 6.55. The summed E-state index contributed by atoms with van der Waals surface area (Å²) in [5.41, 5.74) is 0.899. The van der Waals surface area contributed by atoms with Crippen molar-refractivity contribution in [2.45, 2.75) is 51.9 Å². The zero-order valence-corrected chi connectivity index (χ0v) is 13.8. The van der Waals surface area contributed by atoms with E-state index in [0.29, 0.717) is 11.3 Å². The van der Waals surface area contributed by atoms with E-state index in [-0.39, 0.29) is 13.0 Å². The molecule has 1 aliphatic heterocycles. The summed E-state index contributed by atoms with van der Waals surface area (Å²) in [5, 5.41) is 20.7. The number of amides is 1. The molecular formula is C16H21BN2O4. The zero-order valence-electron chi connectivity index (χ0n) is 13.8. The molecule has 6 nitrogen and oxygen atoms in total. The third kappa shape index (κ3) is 3.55. The van der Waals surface area contributed by atoms with Gasteiger partial charge in [-0.15, -0.1) is 0 Å². The molecule has 0 bridgehead atoms. The van der Waals surface area contributed by atoms with Gasteiger partial charge < -0.3 is 19.7 Å². The van der Waals surface area contributed by atoms with E-state index in [4.69, 9.17) is 14.6 Å². The van der Waals surface area contributed by atoms with Crippen LogP contribution in [0.4, 0.5) is 5.69 Å². The Balaban J connectivity index is 2.23. The van der Waals surface area contributed by atoms with Gasteiger partial charge in [-0.1, -0.05) is 12.1 Å². The number of anilines is 1.